The fraction of sp³-hybridized carbons (Fsp3) is 0.950. The van der Waals surface area contributed by atoms with Crippen LogP contribution in [0.2, 0.25) is 0 Å². The van der Waals surface area contributed by atoms with Crippen LogP contribution in [0.4, 0.5) is 0 Å². The van der Waals surface area contributed by atoms with Gasteiger partial charge in [-0.1, -0.05) is 6.92 Å². The van der Waals surface area contributed by atoms with Crippen LogP contribution in [0.1, 0.15) is 47.0 Å². The van der Waals surface area contributed by atoms with E-state index in [2.05, 4.69) is 48.1 Å². The van der Waals surface area contributed by atoms with E-state index < -0.39 is 0 Å². The Morgan fingerprint density at radius 1 is 1.19 bits per heavy atom. The van der Waals surface area contributed by atoms with Gasteiger partial charge >= 0.3 is 0 Å². The molecule has 2 aliphatic rings. The number of ether oxygens (including phenoxy) is 1. The third kappa shape index (κ3) is 9.28. The van der Waals surface area contributed by atoms with E-state index in [-0.39, 0.29) is 24.0 Å². The lowest BCUT2D eigenvalue weighted by atomic mass is 9.99. The number of hydrogen-bond donors (Lipinski definition) is 2. The third-order valence-electron chi connectivity index (χ3n) is 5.66. The molecule has 0 aromatic heterocycles. The highest BCUT2D eigenvalue weighted by molar-refractivity contribution is 14.0. The number of piperidine rings is 1. The molecule has 2 unspecified atom stereocenters. The Hall–Kier alpha value is -0.120. The molecule has 0 spiro atoms. The molecule has 2 atom stereocenters. The van der Waals surface area contributed by atoms with Crippen molar-refractivity contribution in [2.45, 2.75) is 59.0 Å². The van der Waals surface area contributed by atoms with Crippen LogP contribution in [0.5, 0.6) is 0 Å². The van der Waals surface area contributed by atoms with Gasteiger partial charge in [0.05, 0.1) is 19.8 Å². The maximum atomic E-state index is 5.54. The van der Waals surface area contributed by atoms with Gasteiger partial charge in [0.2, 0.25) is 0 Å². The van der Waals surface area contributed by atoms with Crippen molar-refractivity contribution in [3.63, 3.8) is 0 Å². The molecule has 0 radical (unpaired) electrons. The van der Waals surface area contributed by atoms with Crippen LogP contribution >= 0.6 is 24.0 Å². The van der Waals surface area contributed by atoms with E-state index >= 15 is 0 Å². The molecule has 2 saturated heterocycles. The molecule has 6 nitrogen and oxygen atoms in total. The van der Waals surface area contributed by atoms with Crippen molar-refractivity contribution >= 4 is 29.9 Å². The van der Waals surface area contributed by atoms with Crippen molar-refractivity contribution < 1.29 is 4.74 Å². The van der Waals surface area contributed by atoms with Crippen LogP contribution in [0.25, 0.3) is 0 Å². The molecule has 0 bridgehead atoms. The Balaban J connectivity index is 0.00000364. The zero-order valence-corrected chi connectivity index (χ0v) is 20.2. The van der Waals surface area contributed by atoms with Crippen LogP contribution in [0.3, 0.4) is 0 Å². The zero-order valence-electron chi connectivity index (χ0n) is 17.9. The molecule has 0 aromatic rings. The van der Waals surface area contributed by atoms with Crippen LogP contribution in [-0.2, 0) is 4.74 Å². The van der Waals surface area contributed by atoms with E-state index in [9.17, 15) is 0 Å². The number of nitrogens with zero attached hydrogens (tertiary/aromatic N) is 3. The summed E-state index contributed by atoms with van der Waals surface area (Å²) in [5.41, 5.74) is 0. The Morgan fingerprint density at radius 2 is 1.93 bits per heavy atom. The quantitative estimate of drug-likeness (QED) is 0.235. The highest BCUT2D eigenvalue weighted by Gasteiger charge is 2.23. The molecule has 0 saturated carbocycles. The van der Waals surface area contributed by atoms with Gasteiger partial charge in [0.1, 0.15) is 0 Å². The lowest BCUT2D eigenvalue weighted by Crippen LogP contribution is -2.49. The number of halogens is 1. The summed E-state index contributed by atoms with van der Waals surface area (Å²) in [6.07, 6.45) is 3.89. The molecule has 160 valence electrons. The van der Waals surface area contributed by atoms with Crippen molar-refractivity contribution in [2.75, 3.05) is 59.0 Å². The highest BCUT2D eigenvalue weighted by Crippen LogP contribution is 2.15. The fourth-order valence-corrected chi connectivity index (χ4v) is 3.86. The average Bonchev–Trinajstić information content (AvgIpc) is 2.64. The van der Waals surface area contributed by atoms with E-state index in [1.165, 1.54) is 38.9 Å². The largest absolute Gasteiger partial charge is 0.379 e. The van der Waals surface area contributed by atoms with Crippen LogP contribution in [0, 0.1) is 5.92 Å². The SMILES string of the molecule is CCNC(=NCC(C)N1CCOCC1C)NCCCN1CCC(C)CC1.I. The predicted molar refractivity (Wildman–Crippen MR) is 125 cm³/mol. The van der Waals surface area contributed by atoms with Crippen LogP contribution in [-0.4, -0.2) is 86.9 Å². The standard InChI is InChI=1S/C20H41N5O.HI/c1-5-21-20(22-9-6-10-24-11-7-17(2)8-12-24)23-15-18(3)25-13-14-26-16-19(25)4;/h17-19H,5-16H2,1-4H3,(H2,21,22,23);1H. The highest BCUT2D eigenvalue weighted by atomic mass is 127. The summed E-state index contributed by atoms with van der Waals surface area (Å²) in [7, 11) is 0. The monoisotopic (exact) mass is 495 g/mol. The number of aliphatic imine (C=N–C) groups is 1. The van der Waals surface area contributed by atoms with Crippen molar-refractivity contribution in [3.05, 3.63) is 0 Å². The number of morpholine rings is 1. The number of nitrogens with one attached hydrogen (secondary N) is 2. The van der Waals surface area contributed by atoms with Crippen LogP contribution in [0.15, 0.2) is 4.99 Å². The lowest BCUT2D eigenvalue weighted by molar-refractivity contribution is -0.0165. The Bertz CT molecular complexity index is 415. The molecular weight excluding hydrogens is 453 g/mol. The number of hydrogen-bond acceptors (Lipinski definition) is 4. The summed E-state index contributed by atoms with van der Waals surface area (Å²) in [5, 5.41) is 6.89. The molecule has 0 amide bonds. The first-order chi connectivity index (χ1) is 12.6. The first kappa shape index (κ1) is 24.9. The Morgan fingerprint density at radius 3 is 2.59 bits per heavy atom. The average molecular weight is 495 g/mol. The van der Waals surface area contributed by atoms with Crippen molar-refractivity contribution in [3.8, 4) is 0 Å². The smallest absolute Gasteiger partial charge is 0.191 e. The molecule has 2 rings (SSSR count). The molecular formula is C20H42IN5O. The fourth-order valence-electron chi connectivity index (χ4n) is 3.86. The van der Waals surface area contributed by atoms with Gasteiger partial charge in [-0.05, 0) is 65.6 Å². The molecule has 27 heavy (non-hydrogen) atoms. The van der Waals surface area contributed by atoms with Gasteiger partial charge in [-0.15, -0.1) is 24.0 Å². The minimum absolute atomic E-state index is 0. The van der Waals surface area contributed by atoms with Gasteiger partial charge in [-0.2, -0.15) is 0 Å². The number of likely N-dealkylation sites (tertiary alicyclic amines) is 1. The zero-order chi connectivity index (χ0) is 18.8. The molecule has 0 aromatic carbocycles. The topological polar surface area (TPSA) is 52.1 Å². The van der Waals surface area contributed by atoms with Gasteiger partial charge < -0.3 is 20.3 Å². The summed E-state index contributed by atoms with van der Waals surface area (Å²) >= 11 is 0. The second-order valence-electron chi connectivity index (χ2n) is 8.03. The number of guanidine groups is 1. The molecule has 7 heteroatoms. The van der Waals surface area contributed by atoms with Gasteiger partial charge in [0.15, 0.2) is 5.96 Å². The molecule has 2 fully saturated rings. The van der Waals surface area contributed by atoms with Gasteiger partial charge in [0.25, 0.3) is 0 Å². The van der Waals surface area contributed by atoms with E-state index in [1.54, 1.807) is 0 Å². The molecule has 2 heterocycles. The van der Waals surface area contributed by atoms with E-state index in [0.29, 0.717) is 12.1 Å². The van der Waals surface area contributed by atoms with Gasteiger partial charge in [-0.3, -0.25) is 9.89 Å². The van der Waals surface area contributed by atoms with E-state index in [4.69, 9.17) is 9.73 Å². The first-order valence-corrected chi connectivity index (χ1v) is 10.7. The maximum absolute atomic E-state index is 5.54. The van der Waals surface area contributed by atoms with Crippen LogP contribution < -0.4 is 10.6 Å². The summed E-state index contributed by atoms with van der Waals surface area (Å²) in [5.74, 6) is 1.86. The Labute approximate surface area is 183 Å². The first-order valence-electron chi connectivity index (χ1n) is 10.7. The number of rotatable bonds is 8. The van der Waals surface area contributed by atoms with Crippen molar-refractivity contribution in [1.29, 1.82) is 0 Å². The Kier molecular flexibility index (Phi) is 12.9. The molecule has 0 aliphatic carbocycles. The minimum atomic E-state index is 0. The van der Waals surface area contributed by atoms with E-state index in [0.717, 1.165) is 51.3 Å². The summed E-state index contributed by atoms with van der Waals surface area (Å²) in [4.78, 5) is 9.93. The predicted octanol–water partition coefficient (Wildman–Crippen LogP) is 2.39. The van der Waals surface area contributed by atoms with Crippen molar-refractivity contribution in [2.24, 2.45) is 10.9 Å². The second-order valence-corrected chi connectivity index (χ2v) is 8.03. The normalized spacial score (nSPS) is 24.3. The maximum Gasteiger partial charge on any atom is 0.191 e. The summed E-state index contributed by atoms with van der Waals surface area (Å²) in [6, 6.07) is 0.927. The van der Waals surface area contributed by atoms with Crippen molar-refractivity contribution in [1.82, 2.24) is 20.4 Å². The minimum Gasteiger partial charge on any atom is -0.379 e. The van der Waals surface area contributed by atoms with Gasteiger partial charge in [0, 0.05) is 31.7 Å². The lowest BCUT2D eigenvalue weighted by Gasteiger charge is -2.37. The molecule has 2 N–H and O–H groups in total. The summed E-state index contributed by atoms with van der Waals surface area (Å²) < 4.78 is 5.54. The van der Waals surface area contributed by atoms with Gasteiger partial charge in [-0.25, -0.2) is 0 Å². The van der Waals surface area contributed by atoms with E-state index in [1.807, 2.05) is 0 Å². The summed E-state index contributed by atoms with van der Waals surface area (Å²) in [6.45, 7) is 18.1. The second kappa shape index (κ2) is 14.0. The third-order valence-corrected chi connectivity index (χ3v) is 5.66. The molecule has 2 aliphatic heterocycles.